The van der Waals surface area contributed by atoms with Gasteiger partial charge in [0, 0.05) is 0 Å². The first-order valence-corrected chi connectivity index (χ1v) is 14.7. The van der Waals surface area contributed by atoms with Crippen LogP contribution in [0.15, 0.2) is 12.2 Å². The van der Waals surface area contributed by atoms with Crippen LogP contribution in [0, 0.1) is 6.54 Å². The van der Waals surface area contributed by atoms with Crippen molar-refractivity contribution >= 4 is 10.4 Å². The Morgan fingerprint density at radius 1 is 0.788 bits per heavy atom. The van der Waals surface area contributed by atoms with Gasteiger partial charge in [-0.05, 0) is 59.4 Å². The minimum atomic E-state index is -4.16. The van der Waals surface area contributed by atoms with E-state index in [1.54, 1.807) is 0 Å². The molecule has 0 unspecified atom stereocenters. The molecule has 0 aliphatic carbocycles. The van der Waals surface area contributed by atoms with Gasteiger partial charge in [0.05, 0.1) is 39.8 Å². The number of likely N-dealkylation sites (N-methyl/N-ethyl adjacent to an activating group) is 2. The van der Waals surface area contributed by atoms with Gasteiger partial charge in [-0.1, -0.05) is 70.4 Å². The summed E-state index contributed by atoms with van der Waals surface area (Å²) in [5.41, 5.74) is 0. The van der Waals surface area contributed by atoms with E-state index in [2.05, 4.69) is 49.0 Å². The van der Waals surface area contributed by atoms with Crippen LogP contribution < -0.4 is 5.32 Å². The van der Waals surface area contributed by atoms with Gasteiger partial charge in [-0.2, -0.15) is 8.42 Å². The molecular formula is C26H56N2O4S+. The number of unbranched alkanes of at least 4 members (excludes halogenated alkanes) is 12. The van der Waals surface area contributed by atoms with Crippen molar-refractivity contribution in [2.45, 2.75) is 111 Å². The van der Waals surface area contributed by atoms with Gasteiger partial charge in [0.15, 0.2) is 0 Å². The van der Waals surface area contributed by atoms with E-state index < -0.39 is 10.4 Å². The second-order valence-corrected chi connectivity index (χ2v) is 10.1. The van der Waals surface area contributed by atoms with Gasteiger partial charge in [0.2, 0.25) is 0 Å². The molecule has 1 radical (unpaired) electrons. The molecule has 0 aromatic rings. The van der Waals surface area contributed by atoms with E-state index >= 15 is 0 Å². The van der Waals surface area contributed by atoms with Crippen LogP contribution in [0.5, 0.6) is 0 Å². The average Bonchev–Trinajstić information content (AvgIpc) is 2.81. The van der Waals surface area contributed by atoms with Crippen molar-refractivity contribution < 1.29 is 21.6 Å². The fraction of sp³-hybridized carbons (Fsp3) is 0.885. The number of quaternary nitrogens is 1. The number of hydrogen-bond acceptors (Lipinski definition) is 4. The monoisotopic (exact) mass is 492 g/mol. The van der Waals surface area contributed by atoms with Crippen molar-refractivity contribution in [3.8, 4) is 0 Å². The molecule has 0 aromatic carbocycles. The quantitative estimate of drug-likeness (QED) is 0.0761. The molecule has 0 amide bonds. The molecular weight excluding hydrogens is 436 g/mol. The van der Waals surface area contributed by atoms with Crippen molar-refractivity contribution in [1.82, 2.24) is 5.32 Å². The smallest absolute Gasteiger partial charge is 0.323 e. The number of nitrogens with zero attached hydrogens (tertiary/aromatic N) is 1. The summed E-state index contributed by atoms with van der Waals surface area (Å²) in [4.78, 5) is 0. The minimum absolute atomic E-state index is 0.870. The Morgan fingerprint density at radius 2 is 1.21 bits per heavy atom. The van der Waals surface area contributed by atoms with Crippen molar-refractivity contribution in [2.75, 3.05) is 40.3 Å². The Balaban J connectivity index is 0. The van der Waals surface area contributed by atoms with E-state index in [9.17, 15) is 8.42 Å². The van der Waals surface area contributed by atoms with Gasteiger partial charge < -0.3 is 9.80 Å². The Kier molecular flexibility index (Phi) is 25.9. The zero-order valence-electron chi connectivity index (χ0n) is 22.5. The highest BCUT2D eigenvalue weighted by Crippen LogP contribution is 2.13. The molecule has 0 saturated heterocycles. The maximum absolute atomic E-state index is 9.33. The zero-order chi connectivity index (χ0) is 25.3. The predicted molar refractivity (Wildman–Crippen MR) is 142 cm³/mol. The first kappa shape index (κ1) is 34.7. The highest BCUT2D eigenvalue weighted by Gasteiger charge is 2.21. The molecule has 0 saturated carbocycles. The Morgan fingerprint density at radius 3 is 1.61 bits per heavy atom. The normalized spacial score (nSPS) is 12.2. The van der Waals surface area contributed by atoms with Crippen molar-refractivity contribution in [3.05, 3.63) is 18.7 Å². The average molecular weight is 493 g/mol. The van der Waals surface area contributed by atoms with Gasteiger partial charge in [0.1, 0.15) is 0 Å². The maximum atomic E-state index is 9.33. The molecule has 199 valence electrons. The lowest BCUT2D eigenvalue weighted by molar-refractivity contribution is -0.921. The first-order chi connectivity index (χ1) is 15.8. The van der Waals surface area contributed by atoms with Gasteiger partial charge >= 0.3 is 10.4 Å². The van der Waals surface area contributed by atoms with E-state index in [-0.39, 0.29) is 0 Å². The maximum Gasteiger partial charge on any atom is 0.397 e. The topological polar surface area (TPSA) is 75.6 Å². The molecule has 6 nitrogen and oxygen atoms in total. The number of rotatable bonds is 22. The van der Waals surface area contributed by atoms with Crippen molar-refractivity contribution in [1.29, 1.82) is 0 Å². The van der Waals surface area contributed by atoms with E-state index in [0.717, 1.165) is 13.7 Å². The van der Waals surface area contributed by atoms with Crippen LogP contribution in [-0.4, -0.2) is 57.8 Å². The molecule has 33 heavy (non-hydrogen) atoms. The molecule has 0 spiro atoms. The second kappa shape index (κ2) is 24.6. The standard InChI is InChI=1S/C25H52N2.CH4O4S/c1-5-8-9-10-11-12-13-14-15-16-17-18-19-20-21-22-24-27(6-2,7-3)25-23-26-4;1-5-6(2,3)4/h14-15,23,26H,5-13,16-22,24-25H2,1-4H3;1H3,(H,2,3,4)/q+1;/b15-14-;. The molecule has 2 N–H and O–H groups in total. The second-order valence-electron chi connectivity index (χ2n) is 8.91. The van der Waals surface area contributed by atoms with Crippen LogP contribution in [0.1, 0.15) is 111 Å². The van der Waals surface area contributed by atoms with Crippen LogP contribution in [0.25, 0.3) is 0 Å². The highest BCUT2D eigenvalue weighted by molar-refractivity contribution is 7.80. The third-order valence-corrected chi connectivity index (χ3v) is 6.80. The van der Waals surface area contributed by atoms with Crippen LogP contribution in [0.2, 0.25) is 0 Å². The summed E-state index contributed by atoms with van der Waals surface area (Å²) >= 11 is 0. The van der Waals surface area contributed by atoms with Crippen LogP contribution in [0.4, 0.5) is 0 Å². The summed E-state index contributed by atoms with van der Waals surface area (Å²) < 4.78 is 30.9. The zero-order valence-corrected chi connectivity index (χ0v) is 23.3. The van der Waals surface area contributed by atoms with Crippen LogP contribution in [-0.2, 0) is 14.6 Å². The summed E-state index contributed by atoms with van der Waals surface area (Å²) in [5, 5.41) is 3.20. The number of hydrogen-bond donors (Lipinski definition) is 2. The van der Waals surface area contributed by atoms with Crippen molar-refractivity contribution in [2.24, 2.45) is 0 Å². The largest absolute Gasteiger partial charge is 0.397 e. The lowest BCUT2D eigenvalue weighted by Crippen LogP contribution is -2.50. The molecule has 0 aliphatic rings. The van der Waals surface area contributed by atoms with Gasteiger partial charge in [-0.3, -0.25) is 8.74 Å². The van der Waals surface area contributed by atoms with Crippen LogP contribution in [0.3, 0.4) is 0 Å². The Hall–Kier alpha value is -0.470. The lowest BCUT2D eigenvalue weighted by atomic mass is 10.1. The van der Waals surface area contributed by atoms with E-state index in [4.69, 9.17) is 4.55 Å². The first-order valence-electron chi connectivity index (χ1n) is 13.3. The SMILES string of the molecule is CCCCCCCC/C=C\CCCCCCCC[N+](CC)(CC)C[CH]NC.COS(=O)(=O)O. The fourth-order valence-electron chi connectivity index (χ4n) is 3.87. The highest BCUT2D eigenvalue weighted by atomic mass is 32.3. The molecule has 0 aromatic heterocycles. The summed E-state index contributed by atoms with van der Waals surface area (Å²) in [5.74, 6) is 0. The number of allylic oxidation sites excluding steroid dienone is 2. The van der Waals surface area contributed by atoms with Gasteiger partial charge in [-0.15, -0.1) is 0 Å². The van der Waals surface area contributed by atoms with E-state index in [1.807, 2.05) is 7.05 Å². The summed E-state index contributed by atoms with van der Waals surface area (Å²) in [6.07, 6.45) is 24.3. The molecule has 0 atom stereocenters. The van der Waals surface area contributed by atoms with Crippen LogP contribution >= 0.6 is 0 Å². The molecule has 0 fully saturated rings. The van der Waals surface area contributed by atoms with E-state index in [1.165, 1.54) is 114 Å². The van der Waals surface area contributed by atoms with Crippen molar-refractivity contribution in [3.63, 3.8) is 0 Å². The van der Waals surface area contributed by atoms with E-state index in [0.29, 0.717) is 0 Å². The summed E-state index contributed by atoms with van der Waals surface area (Å²) in [6, 6.07) is 0. The molecule has 0 rings (SSSR count). The molecule has 0 aliphatic heterocycles. The Labute approximate surface area is 207 Å². The minimum Gasteiger partial charge on any atom is -0.323 e. The molecule has 0 heterocycles. The third kappa shape index (κ3) is 26.0. The summed E-state index contributed by atoms with van der Waals surface area (Å²) in [7, 11) is -1.27. The predicted octanol–water partition coefficient (Wildman–Crippen LogP) is 6.70. The Bertz CT molecular complexity index is 520. The summed E-state index contributed by atoms with van der Waals surface area (Å²) in [6.45, 7) is 14.2. The van der Waals surface area contributed by atoms with Gasteiger partial charge in [0.25, 0.3) is 0 Å². The fourth-order valence-corrected chi connectivity index (χ4v) is 3.87. The number of nitrogens with one attached hydrogen (secondary N) is 1. The van der Waals surface area contributed by atoms with Gasteiger partial charge in [-0.25, -0.2) is 0 Å². The lowest BCUT2D eigenvalue weighted by Gasteiger charge is -2.37. The molecule has 0 bridgehead atoms. The molecule has 7 heteroatoms. The third-order valence-electron chi connectivity index (χ3n) is 6.38.